The van der Waals surface area contributed by atoms with Crippen molar-refractivity contribution in [2.75, 3.05) is 6.61 Å². The molecule has 0 amide bonds. The highest BCUT2D eigenvalue weighted by Crippen LogP contribution is 2.67. The molecule has 0 saturated heterocycles. The molecule has 4 aliphatic rings. The fraction of sp³-hybridized carbons (Fsp3) is 0.864. The Labute approximate surface area is 151 Å². The molecular weight excluding hydrogens is 312 g/mol. The molecule has 0 spiro atoms. The first-order chi connectivity index (χ1) is 11.8. The summed E-state index contributed by atoms with van der Waals surface area (Å²) in [4.78, 5) is 11.9. The SMILES string of the molecule is CC(CO)C1CCC2C3CCC4=CC(=O)CCC4(C)C3C(O)CC12C. The van der Waals surface area contributed by atoms with Crippen LogP contribution in [0.1, 0.15) is 65.7 Å². The maximum Gasteiger partial charge on any atom is 0.155 e. The molecule has 4 rings (SSSR count). The van der Waals surface area contributed by atoms with Crippen LogP contribution in [-0.2, 0) is 4.79 Å². The highest BCUT2D eigenvalue weighted by molar-refractivity contribution is 5.91. The summed E-state index contributed by atoms with van der Waals surface area (Å²) in [6.07, 6.45) is 8.64. The molecule has 25 heavy (non-hydrogen) atoms. The molecule has 0 heterocycles. The standard InChI is InChI=1S/C22H34O3/c1-13(12-23)17-6-7-18-16-5-4-14-10-15(24)8-9-21(14,2)20(16)19(25)11-22(17,18)3/h10,13,16-20,23,25H,4-9,11-12H2,1-3H3. The molecule has 3 saturated carbocycles. The van der Waals surface area contributed by atoms with Gasteiger partial charge in [-0.2, -0.15) is 0 Å². The molecule has 3 heteroatoms. The molecule has 140 valence electrons. The number of aliphatic hydroxyl groups excluding tert-OH is 2. The molecule has 0 aromatic rings. The Morgan fingerprint density at radius 3 is 2.72 bits per heavy atom. The van der Waals surface area contributed by atoms with Crippen molar-refractivity contribution in [2.45, 2.75) is 71.8 Å². The van der Waals surface area contributed by atoms with Gasteiger partial charge < -0.3 is 10.2 Å². The Morgan fingerprint density at radius 1 is 1.24 bits per heavy atom. The summed E-state index contributed by atoms with van der Waals surface area (Å²) in [5.74, 6) is 2.66. The Morgan fingerprint density at radius 2 is 2.00 bits per heavy atom. The lowest BCUT2D eigenvalue weighted by molar-refractivity contribution is -0.137. The first-order valence-corrected chi connectivity index (χ1v) is 10.3. The highest BCUT2D eigenvalue weighted by atomic mass is 16.3. The summed E-state index contributed by atoms with van der Waals surface area (Å²) in [6, 6.07) is 0. The number of hydrogen-bond donors (Lipinski definition) is 2. The first-order valence-electron chi connectivity index (χ1n) is 10.3. The third kappa shape index (κ3) is 2.41. The molecule has 0 aromatic carbocycles. The van der Waals surface area contributed by atoms with E-state index in [4.69, 9.17) is 0 Å². The van der Waals surface area contributed by atoms with Crippen LogP contribution in [0.4, 0.5) is 0 Å². The van der Waals surface area contributed by atoms with Gasteiger partial charge in [0.25, 0.3) is 0 Å². The predicted octanol–water partition coefficient (Wildman–Crippen LogP) is 3.73. The monoisotopic (exact) mass is 346 g/mol. The Hall–Kier alpha value is -0.670. The van der Waals surface area contributed by atoms with Crippen molar-refractivity contribution in [3.8, 4) is 0 Å². The Bertz CT molecular complexity index is 596. The van der Waals surface area contributed by atoms with Crippen molar-refractivity contribution in [3.05, 3.63) is 11.6 Å². The van der Waals surface area contributed by atoms with Crippen LogP contribution >= 0.6 is 0 Å². The summed E-state index contributed by atoms with van der Waals surface area (Å²) in [5, 5.41) is 21.0. The molecule has 3 nitrogen and oxygen atoms in total. The fourth-order valence-electron chi connectivity index (χ4n) is 7.79. The zero-order valence-electron chi connectivity index (χ0n) is 16.0. The average Bonchev–Trinajstić information content (AvgIpc) is 2.91. The number of allylic oxidation sites excluding steroid dienone is 1. The maximum atomic E-state index is 11.9. The van der Waals surface area contributed by atoms with E-state index in [0.29, 0.717) is 36.0 Å². The minimum Gasteiger partial charge on any atom is -0.396 e. The van der Waals surface area contributed by atoms with E-state index in [9.17, 15) is 15.0 Å². The minimum absolute atomic E-state index is 0.0122. The number of rotatable bonds is 2. The van der Waals surface area contributed by atoms with Crippen LogP contribution in [0, 0.1) is 40.4 Å². The van der Waals surface area contributed by atoms with Crippen molar-refractivity contribution < 1.29 is 15.0 Å². The smallest absolute Gasteiger partial charge is 0.155 e. The van der Waals surface area contributed by atoms with Gasteiger partial charge in [0.2, 0.25) is 0 Å². The van der Waals surface area contributed by atoms with E-state index in [1.165, 1.54) is 18.4 Å². The second-order valence-electron chi connectivity index (χ2n) is 10.0. The van der Waals surface area contributed by atoms with Gasteiger partial charge >= 0.3 is 0 Å². The van der Waals surface area contributed by atoms with E-state index >= 15 is 0 Å². The number of fused-ring (bicyclic) bond motifs is 5. The summed E-state index contributed by atoms with van der Waals surface area (Å²) < 4.78 is 0. The topological polar surface area (TPSA) is 57.5 Å². The number of aliphatic hydroxyl groups is 2. The normalized spacial score (nSPS) is 50.5. The third-order valence-corrected chi connectivity index (χ3v) is 8.94. The van der Waals surface area contributed by atoms with Gasteiger partial charge in [-0.25, -0.2) is 0 Å². The molecule has 8 atom stereocenters. The predicted molar refractivity (Wildman–Crippen MR) is 97.8 cm³/mol. The number of hydrogen-bond acceptors (Lipinski definition) is 3. The highest BCUT2D eigenvalue weighted by Gasteiger charge is 2.62. The van der Waals surface area contributed by atoms with E-state index in [0.717, 1.165) is 25.7 Å². The van der Waals surface area contributed by atoms with Crippen LogP contribution in [0.25, 0.3) is 0 Å². The molecule has 0 radical (unpaired) electrons. The second-order valence-corrected chi connectivity index (χ2v) is 10.0. The van der Waals surface area contributed by atoms with Crippen molar-refractivity contribution in [1.82, 2.24) is 0 Å². The van der Waals surface area contributed by atoms with Gasteiger partial charge in [0.05, 0.1) is 6.10 Å². The van der Waals surface area contributed by atoms with E-state index in [1.54, 1.807) is 0 Å². The molecule has 0 aliphatic heterocycles. The van der Waals surface area contributed by atoms with Gasteiger partial charge in [-0.15, -0.1) is 0 Å². The van der Waals surface area contributed by atoms with Gasteiger partial charge in [-0.05, 0) is 85.0 Å². The van der Waals surface area contributed by atoms with Crippen LogP contribution < -0.4 is 0 Å². The Balaban J connectivity index is 1.69. The molecule has 0 aromatic heterocycles. The van der Waals surface area contributed by atoms with E-state index in [-0.39, 0.29) is 29.3 Å². The lowest BCUT2D eigenvalue weighted by Crippen LogP contribution is -2.57. The second kappa shape index (κ2) is 5.92. The third-order valence-electron chi connectivity index (χ3n) is 8.94. The molecular formula is C22H34O3. The van der Waals surface area contributed by atoms with Crippen molar-refractivity contribution in [2.24, 2.45) is 40.4 Å². The minimum atomic E-state index is -0.278. The molecule has 0 bridgehead atoms. The van der Waals surface area contributed by atoms with Gasteiger partial charge in [-0.3, -0.25) is 4.79 Å². The van der Waals surface area contributed by atoms with Crippen molar-refractivity contribution in [3.63, 3.8) is 0 Å². The first kappa shape index (κ1) is 17.7. The summed E-state index contributed by atoms with van der Waals surface area (Å²) in [5.41, 5.74) is 1.48. The van der Waals surface area contributed by atoms with Crippen LogP contribution in [-0.4, -0.2) is 28.7 Å². The molecule has 2 N–H and O–H groups in total. The summed E-state index contributed by atoms with van der Waals surface area (Å²) in [6.45, 7) is 7.13. The maximum absolute atomic E-state index is 11.9. The summed E-state index contributed by atoms with van der Waals surface area (Å²) in [7, 11) is 0. The van der Waals surface area contributed by atoms with Gasteiger partial charge in [-0.1, -0.05) is 26.3 Å². The van der Waals surface area contributed by atoms with Crippen molar-refractivity contribution >= 4 is 5.78 Å². The van der Waals surface area contributed by atoms with Crippen LogP contribution in [0.5, 0.6) is 0 Å². The zero-order chi connectivity index (χ0) is 18.0. The quantitative estimate of drug-likeness (QED) is 0.801. The van der Waals surface area contributed by atoms with Gasteiger partial charge in [0, 0.05) is 13.0 Å². The molecule has 3 fully saturated rings. The zero-order valence-corrected chi connectivity index (χ0v) is 16.0. The lowest BCUT2D eigenvalue weighted by atomic mass is 9.45. The van der Waals surface area contributed by atoms with Crippen LogP contribution in [0.2, 0.25) is 0 Å². The van der Waals surface area contributed by atoms with Crippen LogP contribution in [0.15, 0.2) is 11.6 Å². The van der Waals surface area contributed by atoms with Crippen LogP contribution in [0.3, 0.4) is 0 Å². The van der Waals surface area contributed by atoms with Crippen molar-refractivity contribution in [1.29, 1.82) is 0 Å². The van der Waals surface area contributed by atoms with E-state index < -0.39 is 0 Å². The number of carbonyl (C=O) groups is 1. The number of carbonyl (C=O) groups excluding carboxylic acids is 1. The Kier molecular flexibility index (Phi) is 4.20. The lowest BCUT2D eigenvalue weighted by Gasteiger charge is -2.60. The van der Waals surface area contributed by atoms with E-state index in [2.05, 4.69) is 20.8 Å². The largest absolute Gasteiger partial charge is 0.396 e. The average molecular weight is 347 g/mol. The summed E-state index contributed by atoms with van der Waals surface area (Å²) >= 11 is 0. The number of ketones is 1. The van der Waals surface area contributed by atoms with Gasteiger partial charge in [0.1, 0.15) is 0 Å². The van der Waals surface area contributed by atoms with E-state index in [1.807, 2.05) is 6.08 Å². The molecule has 8 unspecified atom stereocenters. The molecule has 4 aliphatic carbocycles. The fourth-order valence-corrected chi connectivity index (χ4v) is 7.79. The van der Waals surface area contributed by atoms with Gasteiger partial charge in [0.15, 0.2) is 5.78 Å².